The minimum Gasteiger partial charge on any atom is -0.456 e. The van der Waals surface area contributed by atoms with E-state index in [1.807, 2.05) is 12.1 Å². The van der Waals surface area contributed by atoms with E-state index in [2.05, 4.69) is 205 Å². The van der Waals surface area contributed by atoms with E-state index < -0.39 is 0 Å². The lowest BCUT2D eigenvalue weighted by Gasteiger charge is -2.28. The number of fused-ring (bicyclic) bond motifs is 5. The quantitative estimate of drug-likeness (QED) is 0.166. The van der Waals surface area contributed by atoms with E-state index in [9.17, 15) is 0 Å². The first-order valence-electron chi connectivity index (χ1n) is 18.4. The summed E-state index contributed by atoms with van der Waals surface area (Å²) < 4.78 is 6.22. The molecule has 1 heterocycles. The highest BCUT2D eigenvalue weighted by Crippen LogP contribution is 2.43. The Morgan fingerprint density at radius 3 is 1.56 bits per heavy atom. The first-order valence-corrected chi connectivity index (χ1v) is 18.4. The van der Waals surface area contributed by atoms with Crippen LogP contribution < -0.4 is 4.90 Å². The maximum atomic E-state index is 6.22. The van der Waals surface area contributed by atoms with E-state index in [1.54, 1.807) is 0 Å². The molecule has 0 saturated carbocycles. The third-order valence-electron chi connectivity index (χ3n) is 10.5. The number of hydrogen-bond donors (Lipinski definition) is 0. The molecule has 0 aliphatic rings. The number of nitrogens with zero attached hydrogens (tertiary/aromatic N) is 1. The fourth-order valence-electron chi connectivity index (χ4n) is 7.81. The van der Waals surface area contributed by atoms with Gasteiger partial charge in [0.1, 0.15) is 11.2 Å². The molecule has 2 nitrogen and oxygen atoms in total. The molecule has 0 radical (unpaired) electrons. The molecular formula is C52H35NO. The van der Waals surface area contributed by atoms with Crippen LogP contribution in [0.3, 0.4) is 0 Å². The maximum absolute atomic E-state index is 6.22. The van der Waals surface area contributed by atoms with Gasteiger partial charge in [0.2, 0.25) is 0 Å². The molecular weight excluding hydrogens is 655 g/mol. The Hall–Kier alpha value is -7.16. The number of benzene rings is 9. The molecule has 254 valence electrons. The first kappa shape index (κ1) is 31.6. The van der Waals surface area contributed by atoms with Crippen LogP contribution in [0.1, 0.15) is 0 Å². The van der Waals surface area contributed by atoms with Gasteiger partial charge in [-0.15, -0.1) is 0 Å². The Balaban J connectivity index is 1.08. The van der Waals surface area contributed by atoms with Gasteiger partial charge in [0.05, 0.1) is 5.69 Å². The molecule has 0 spiro atoms. The lowest BCUT2D eigenvalue weighted by Crippen LogP contribution is -2.11. The molecule has 0 saturated heterocycles. The van der Waals surface area contributed by atoms with Gasteiger partial charge < -0.3 is 9.32 Å². The SMILES string of the molecule is c1ccc(-c2ccc(N(c3ccc(-c4cccc(-c5ccccc5)c4)cc3)c3ccccc3-c3ccc4c(ccc5oc6ccccc6c54)c3)cc2)cc1. The maximum Gasteiger partial charge on any atom is 0.136 e. The van der Waals surface area contributed by atoms with Gasteiger partial charge in [-0.3, -0.25) is 0 Å². The van der Waals surface area contributed by atoms with Crippen molar-refractivity contribution in [2.45, 2.75) is 0 Å². The van der Waals surface area contributed by atoms with Crippen LogP contribution in [0.25, 0.3) is 77.2 Å². The van der Waals surface area contributed by atoms with Gasteiger partial charge >= 0.3 is 0 Å². The van der Waals surface area contributed by atoms with Gasteiger partial charge in [-0.2, -0.15) is 0 Å². The van der Waals surface area contributed by atoms with Crippen molar-refractivity contribution in [3.05, 3.63) is 212 Å². The number of para-hydroxylation sites is 2. The second-order valence-electron chi connectivity index (χ2n) is 13.7. The first-order chi connectivity index (χ1) is 26.8. The van der Waals surface area contributed by atoms with E-state index >= 15 is 0 Å². The number of anilines is 3. The van der Waals surface area contributed by atoms with Gasteiger partial charge in [0.25, 0.3) is 0 Å². The van der Waals surface area contributed by atoms with Gasteiger partial charge in [-0.25, -0.2) is 0 Å². The molecule has 0 atom stereocenters. The van der Waals surface area contributed by atoms with Crippen LogP contribution >= 0.6 is 0 Å². The summed E-state index contributed by atoms with van der Waals surface area (Å²) in [6, 6.07) is 75.9. The summed E-state index contributed by atoms with van der Waals surface area (Å²) in [4.78, 5) is 2.38. The molecule has 0 amide bonds. The zero-order chi connectivity index (χ0) is 35.8. The van der Waals surface area contributed by atoms with Crippen LogP contribution in [-0.2, 0) is 0 Å². The van der Waals surface area contributed by atoms with Gasteiger partial charge in [0.15, 0.2) is 0 Å². The second kappa shape index (κ2) is 13.4. The minimum atomic E-state index is 0.914. The lowest BCUT2D eigenvalue weighted by atomic mass is 9.96. The molecule has 0 aliphatic carbocycles. The highest BCUT2D eigenvalue weighted by molar-refractivity contribution is 6.19. The molecule has 10 aromatic rings. The number of rotatable bonds is 7. The number of hydrogen-bond acceptors (Lipinski definition) is 2. The Morgan fingerprint density at radius 1 is 0.315 bits per heavy atom. The summed E-state index contributed by atoms with van der Waals surface area (Å²) in [5.41, 5.74) is 14.6. The standard InChI is InChI=1S/C52H35NO/c1-3-12-36(13-4-1)38-22-28-44(29-23-38)53(45-30-24-39(25-31-45)41-17-11-16-40(34-41)37-14-5-2-6-15-37)49-20-9-7-18-46(49)42-26-32-47-43(35-42)27-33-51-52(47)48-19-8-10-21-50(48)54-51/h1-35H. The molecule has 2 heteroatoms. The van der Waals surface area contributed by atoms with Crippen molar-refractivity contribution in [2.24, 2.45) is 0 Å². The molecule has 0 N–H and O–H groups in total. The van der Waals surface area contributed by atoms with Gasteiger partial charge in [0, 0.05) is 27.7 Å². The van der Waals surface area contributed by atoms with Crippen molar-refractivity contribution in [3.63, 3.8) is 0 Å². The van der Waals surface area contributed by atoms with Crippen molar-refractivity contribution in [3.8, 4) is 44.5 Å². The highest BCUT2D eigenvalue weighted by atomic mass is 16.3. The van der Waals surface area contributed by atoms with Crippen molar-refractivity contribution in [1.29, 1.82) is 0 Å². The van der Waals surface area contributed by atoms with E-state index in [0.717, 1.165) is 50.1 Å². The molecule has 0 aliphatic heterocycles. The lowest BCUT2D eigenvalue weighted by molar-refractivity contribution is 0.669. The molecule has 1 aromatic heterocycles. The predicted octanol–water partition coefficient (Wildman–Crippen LogP) is 14.9. The fraction of sp³-hybridized carbons (Fsp3) is 0. The molecule has 9 aromatic carbocycles. The summed E-state index contributed by atoms with van der Waals surface area (Å²) in [6.45, 7) is 0. The van der Waals surface area contributed by atoms with E-state index in [0.29, 0.717) is 0 Å². The van der Waals surface area contributed by atoms with Crippen LogP contribution in [0.15, 0.2) is 217 Å². The van der Waals surface area contributed by atoms with E-state index in [4.69, 9.17) is 4.42 Å². The molecule has 10 rings (SSSR count). The van der Waals surface area contributed by atoms with Gasteiger partial charge in [-0.1, -0.05) is 158 Å². The topological polar surface area (TPSA) is 16.4 Å². The van der Waals surface area contributed by atoms with Crippen molar-refractivity contribution in [1.82, 2.24) is 0 Å². The van der Waals surface area contributed by atoms with Crippen molar-refractivity contribution in [2.75, 3.05) is 4.90 Å². The van der Waals surface area contributed by atoms with Crippen molar-refractivity contribution < 1.29 is 4.42 Å². The fourth-order valence-corrected chi connectivity index (χ4v) is 7.81. The van der Waals surface area contributed by atoms with Crippen LogP contribution in [-0.4, -0.2) is 0 Å². The summed E-state index contributed by atoms with van der Waals surface area (Å²) in [5.74, 6) is 0. The monoisotopic (exact) mass is 689 g/mol. The van der Waals surface area contributed by atoms with Crippen molar-refractivity contribution >= 4 is 49.8 Å². The van der Waals surface area contributed by atoms with Crippen LogP contribution in [0.2, 0.25) is 0 Å². The Kier molecular flexibility index (Phi) is 7.85. The second-order valence-corrected chi connectivity index (χ2v) is 13.7. The smallest absolute Gasteiger partial charge is 0.136 e. The van der Waals surface area contributed by atoms with Crippen LogP contribution in [0.5, 0.6) is 0 Å². The average Bonchev–Trinajstić information content (AvgIpc) is 3.64. The molecule has 54 heavy (non-hydrogen) atoms. The highest BCUT2D eigenvalue weighted by Gasteiger charge is 2.19. The third kappa shape index (κ3) is 5.71. The predicted molar refractivity (Wildman–Crippen MR) is 228 cm³/mol. The molecule has 0 bridgehead atoms. The summed E-state index contributed by atoms with van der Waals surface area (Å²) in [5, 5.41) is 4.69. The Bertz CT molecular complexity index is 2910. The summed E-state index contributed by atoms with van der Waals surface area (Å²) in [7, 11) is 0. The summed E-state index contributed by atoms with van der Waals surface area (Å²) >= 11 is 0. The van der Waals surface area contributed by atoms with Gasteiger partial charge in [-0.05, 0) is 104 Å². The van der Waals surface area contributed by atoms with Crippen LogP contribution in [0, 0.1) is 0 Å². The average molecular weight is 690 g/mol. The molecule has 0 fully saturated rings. The zero-order valence-corrected chi connectivity index (χ0v) is 29.6. The Morgan fingerprint density at radius 2 is 0.852 bits per heavy atom. The van der Waals surface area contributed by atoms with E-state index in [1.165, 1.54) is 44.2 Å². The summed E-state index contributed by atoms with van der Waals surface area (Å²) in [6.07, 6.45) is 0. The number of furan rings is 1. The minimum absolute atomic E-state index is 0.914. The molecule has 0 unspecified atom stereocenters. The normalized spacial score (nSPS) is 11.3. The van der Waals surface area contributed by atoms with Crippen LogP contribution in [0.4, 0.5) is 17.1 Å². The van der Waals surface area contributed by atoms with E-state index in [-0.39, 0.29) is 0 Å². The zero-order valence-electron chi connectivity index (χ0n) is 29.6. The third-order valence-corrected chi connectivity index (χ3v) is 10.5. The largest absolute Gasteiger partial charge is 0.456 e. The Labute approximate surface area is 314 Å².